The van der Waals surface area contributed by atoms with E-state index in [-0.39, 0.29) is 6.42 Å². The zero-order valence-corrected chi connectivity index (χ0v) is 10.4. The van der Waals surface area contributed by atoms with Crippen molar-refractivity contribution in [1.82, 2.24) is 0 Å². The molecule has 1 aromatic carbocycles. The Morgan fingerprint density at radius 3 is 2.32 bits per heavy atom. The van der Waals surface area contributed by atoms with Gasteiger partial charge in [0.1, 0.15) is 0 Å². The van der Waals surface area contributed by atoms with Crippen LogP contribution in [0.25, 0.3) is 0 Å². The van der Waals surface area contributed by atoms with Crippen molar-refractivity contribution in [3.63, 3.8) is 0 Å². The Morgan fingerprint density at radius 1 is 1.16 bits per heavy atom. The number of hydrogen-bond acceptors (Lipinski definition) is 1. The van der Waals surface area contributed by atoms with Crippen molar-refractivity contribution in [1.29, 1.82) is 0 Å². The first-order valence-corrected chi connectivity index (χ1v) is 6.67. The van der Waals surface area contributed by atoms with Gasteiger partial charge in [-0.1, -0.05) is 30.3 Å². The van der Waals surface area contributed by atoms with E-state index in [9.17, 15) is 13.6 Å². The van der Waals surface area contributed by atoms with Gasteiger partial charge in [0.15, 0.2) is 0 Å². The molecule has 2 nitrogen and oxygen atoms in total. The maximum atomic E-state index is 14.4. The standard InChI is InChI=1S/C15H15F2NO/c16-15(17)10-7-14(12(18)19)8-13(10,6-11(14)15)9-4-2-1-3-5-9/h1-5,10-11H,6-8H2,(H2,18,19). The van der Waals surface area contributed by atoms with Crippen LogP contribution in [0.3, 0.4) is 0 Å². The van der Waals surface area contributed by atoms with Gasteiger partial charge in [-0.2, -0.15) is 0 Å². The van der Waals surface area contributed by atoms with Gasteiger partial charge in [0.25, 0.3) is 5.92 Å². The average Bonchev–Trinajstić information content (AvgIpc) is 3.04. The molecule has 1 amide bonds. The van der Waals surface area contributed by atoms with Gasteiger partial charge in [-0.3, -0.25) is 4.79 Å². The first-order valence-electron chi connectivity index (χ1n) is 6.67. The third kappa shape index (κ3) is 1.02. The van der Waals surface area contributed by atoms with Gasteiger partial charge in [-0.15, -0.1) is 0 Å². The Balaban J connectivity index is 1.90. The summed E-state index contributed by atoms with van der Waals surface area (Å²) in [6, 6.07) is 9.46. The zero-order chi connectivity index (χ0) is 13.5. The van der Waals surface area contributed by atoms with Crippen molar-refractivity contribution in [2.45, 2.75) is 30.6 Å². The molecule has 100 valence electrons. The van der Waals surface area contributed by atoms with Gasteiger partial charge < -0.3 is 5.73 Å². The Hall–Kier alpha value is -1.45. The molecule has 4 aliphatic rings. The molecule has 4 unspecified atom stereocenters. The summed E-state index contributed by atoms with van der Waals surface area (Å²) in [6.45, 7) is 0. The first kappa shape index (κ1) is 11.4. The van der Waals surface area contributed by atoms with Crippen LogP contribution in [0, 0.1) is 17.3 Å². The highest BCUT2D eigenvalue weighted by Gasteiger charge is 2.84. The molecule has 0 saturated heterocycles. The number of amides is 1. The minimum absolute atomic E-state index is 0.259. The van der Waals surface area contributed by atoms with Crippen LogP contribution in [0.1, 0.15) is 24.8 Å². The molecule has 0 aliphatic heterocycles. The van der Waals surface area contributed by atoms with Crippen LogP contribution in [0.4, 0.5) is 8.78 Å². The molecule has 4 fully saturated rings. The van der Waals surface area contributed by atoms with Crippen LogP contribution >= 0.6 is 0 Å². The van der Waals surface area contributed by atoms with Crippen molar-refractivity contribution in [3.05, 3.63) is 35.9 Å². The summed E-state index contributed by atoms with van der Waals surface area (Å²) >= 11 is 0. The van der Waals surface area contributed by atoms with Crippen LogP contribution in [0.15, 0.2) is 30.3 Å². The second kappa shape index (κ2) is 3.00. The number of carbonyl (C=O) groups is 1. The minimum Gasteiger partial charge on any atom is -0.369 e. The average molecular weight is 263 g/mol. The Kier molecular flexibility index (Phi) is 1.79. The molecule has 5 rings (SSSR count). The van der Waals surface area contributed by atoms with E-state index < -0.39 is 34.5 Å². The number of rotatable bonds is 2. The Labute approximate surface area is 110 Å². The third-order valence-electron chi connectivity index (χ3n) is 5.87. The molecule has 4 bridgehead atoms. The van der Waals surface area contributed by atoms with Crippen molar-refractivity contribution in [2.75, 3.05) is 0 Å². The Morgan fingerprint density at radius 2 is 1.84 bits per heavy atom. The lowest BCUT2D eigenvalue weighted by Crippen LogP contribution is -2.43. The fourth-order valence-corrected chi connectivity index (χ4v) is 5.16. The van der Waals surface area contributed by atoms with Crippen molar-refractivity contribution >= 4 is 5.91 Å². The first-order chi connectivity index (χ1) is 8.93. The molecule has 0 spiro atoms. The lowest BCUT2D eigenvalue weighted by Gasteiger charge is -2.33. The van der Waals surface area contributed by atoms with Gasteiger partial charge in [0.2, 0.25) is 5.91 Å². The van der Waals surface area contributed by atoms with Gasteiger partial charge >= 0.3 is 0 Å². The van der Waals surface area contributed by atoms with Gasteiger partial charge in [0, 0.05) is 17.3 Å². The maximum Gasteiger partial charge on any atom is 0.255 e. The van der Waals surface area contributed by atoms with Gasteiger partial charge in [-0.25, -0.2) is 8.78 Å². The summed E-state index contributed by atoms with van der Waals surface area (Å²) in [4.78, 5) is 11.8. The van der Waals surface area contributed by atoms with E-state index in [1.54, 1.807) is 0 Å². The molecular weight excluding hydrogens is 248 g/mol. The normalized spacial score (nSPS) is 44.9. The van der Waals surface area contributed by atoms with E-state index in [0.717, 1.165) is 5.56 Å². The summed E-state index contributed by atoms with van der Waals surface area (Å²) in [5, 5.41) is 0. The van der Waals surface area contributed by atoms with Crippen LogP contribution in [0.2, 0.25) is 0 Å². The quantitative estimate of drug-likeness (QED) is 0.875. The van der Waals surface area contributed by atoms with Gasteiger partial charge in [-0.05, 0) is 24.8 Å². The molecule has 1 aromatic rings. The van der Waals surface area contributed by atoms with E-state index >= 15 is 0 Å². The van der Waals surface area contributed by atoms with Crippen LogP contribution in [-0.2, 0) is 10.2 Å². The van der Waals surface area contributed by atoms with Crippen LogP contribution < -0.4 is 5.73 Å². The number of halogens is 2. The summed E-state index contributed by atoms with van der Waals surface area (Å²) in [7, 11) is 0. The predicted octanol–water partition coefficient (Wildman–Crippen LogP) is 2.47. The van der Waals surface area contributed by atoms with E-state index in [1.165, 1.54) is 0 Å². The summed E-state index contributed by atoms with van der Waals surface area (Å²) in [5.41, 5.74) is 4.91. The summed E-state index contributed by atoms with van der Waals surface area (Å²) < 4.78 is 28.8. The number of benzene rings is 1. The molecule has 19 heavy (non-hydrogen) atoms. The third-order valence-corrected chi connectivity index (χ3v) is 5.87. The summed E-state index contributed by atoms with van der Waals surface area (Å²) in [5.74, 6) is -4.86. The number of alkyl halides is 2. The van der Waals surface area contributed by atoms with E-state index in [4.69, 9.17) is 5.73 Å². The molecule has 0 aromatic heterocycles. The highest BCUT2D eigenvalue weighted by molar-refractivity contribution is 5.84. The van der Waals surface area contributed by atoms with Crippen LogP contribution in [0.5, 0.6) is 0 Å². The highest BCUT2D eigenvalue weighted by atomic mass is 19.3. The SMILES string of the molecule is NC(=O)C12CC3C(c4ccccc4)(CC1C3(F)F)C2. The van der Waals surface area contributed by atoms with Crippen LogP contribution in [-0.4, -0.2) is 11.8 Å². The molecule has 0 heterocycles. The number of carbonyl (C=O) groups excluding carboxylic acids is 1. The molecule has 4 heteroatoms. The van der Waals surface area contributed by atoms with Gasteiger partial charge in [0.05, 0.1) is 5.41 Å². The minimum atomic E-state index is -2.75. The smallest absolute Gasteiger partial charge is 0.255 e. The maximum absolute atomic E-state index is 14.4. The topological polar surface area (TPSA) is 43.1 Å². The fourth-order valence-electron chi connectivity index (χ4n) is 5.16. The highest BCUT2D eigenvalue weighted by Crippen LogP contribution is 2.80. The number of nitrogens with two attached hydrogens (primary N) is 1. The Bertz CT molecular complexity index is 573. The largest absolute Gasteiger partial charge is 0.369 e. The molecule has 0 radical (unpaired) electrons. The molecule has 4 saturated carbocycles. The molecule has 4 aliphatic carbocycles. The molecular formula is C15H15F2NO. The molecule has 2 N–H and O–H groups in total. The monoisotopic (exact) mass is 263 g/mol. The number of hydrogen-bond donors (Lipinski definition) is 1. The summed E-state index contributed by atoms with van der Waals surface area (Å²) in [6.07, 6.45) is 1.16. The number of primary amides is 1. The van der Waals surface area contributed by atoms with Crippen molar-refractivity contribution < 1.29 is 13.6 Å². The second-order valence-corrected chi connectivity index (χ2v) is 6.41. The zero-order valence-electron chi connectivity index (χ0n) is 10.4. The lowest BCUT2D eigenvalue weighted by atomic mass is 9.73. The fraction of sp³-hybridized carbons (Fsp3) is 0.533. The predicted molar refractivity (Wildman–Crippen MR) is 65.5 cm³/mol. The van der Waals surface area contributed by atoms with Crippen molar-refractivity contribution in [2.24, 2.45) is 23.0 Å². The van der Waals surface area contributed by atoms with E-state index in [2.05, 4.69) is 0 Å². The molecule has 4 atom stereocenters. The van der Waals surface area contributed by atoms with E-state index in [0.29, 0.717) is 12.8 Å². The van der Waals surface area contributed by atoms with E-state index in [1.807, 2.05) is 30.3 Å². The lowest BCUT2D eigenvalue weighted by molar-refractivity contribution is -0.135. The second-order valence-electron chi connectivity index (χ2n) is 6.41. The van der Waals surface area contributed by atoms with Crippen molar-refractivity contribution in [3.8, 4) is 0 Å².